The molecule has 0 spiro atoms. The minimum atomic E-state index is -4.72. The number of methoxy groups -OCH3 is 2. The Morgan fingerprint density at radius 1 is 0.921 bits per heavy atom. The molecule has 9 heteroatoms. The molecule has 1 N–H and O–H groups in total. The van der Waals surface area contributed by atoms with E-state index in [-0.39, 0.29) is 11.8 Å². The Bertz CT molecular complexity index is 1240. The summed E-state index contributed by atoms with van der Waals surface area (Å²) in [7, 11) is 3.32. The van der Waals surface area contributed by atoms with Gasteiger partial charge in [0, 0.05) is 41.8 Å². The van der Waals surface area contributed by atoms with Crippen LogP contribution < -0.4 is 24.4 Å². The molecule has 0 amide bonds. The average Bonchev–Trinajstić information content (AvgIpc) is 3.77. The molecule has 0 unspecified atom stereocenters. The summed E-state index contributed by atoms with van der Waals surface area (Å²) in [5, 5.41) is 3.38. The molecule has 2 fully saturated rings. The lowest BCUT2D eigenvalue weighted by Crippen LogP contribution is -2.43. The van der Waals surface area contributed by atoms with E-state index in [4.69, 9.17) is 9.47 Å². The molecule has 0 atom stereocenters. The van der Waals surface area contributed by atoms with Crippen LogP contribution in [0.4, 0.5) is 18.9 Å². The van der Waals surface area contributed by atoms with Crippen LogP contribution in [0.2, 0.25) is 0 Å². The van der Waals surface area contributed by atoms with E-state index in [1.54, 1.807) is 26.4 Å². The van der Waals surface area contributed by atoms with Crippen molar-refractivity contribution >= 4 is 5.69 Å². The highest BCUT2D eigenvalue weighted by atomic mass is 19.4. The number of alkyl halides is 3. The van der Waals surface area contributed by atoms with Crippen LogP contribution in [-0.4, -0.2) is 44.7 Å². The molecule has 1 aliphatic heterocycles. The Morgan fingerprint density at radius 3 is 2.29 bits per heavy atom. The predicted molar refractivity (Wildman–Crippen MR) is 140 cm³/mol. The highest BCUT2D eigenvalue weighted by Crippen LogP contribution is 2.49. The van der Waals surface area contributed by atoms with Gasteiger partial charge < -0.3 is 24.4 Å². The van der Waals surface area contributed by atoms with Crippen molar-refractivity contribution in [1.29, 1.82) is 0 Å². The molecule has 6 nitrogen and oxygen atoms in total. The molecular formula is C29H32F3N3O3. The standard InChI is InChI=1S/C29H32F3N3O3/c1-36-27-15-21(14-26(20-3-4-20)28(27)37-2)22-13-19(16-34-17-22)18-35(24-9-11-33-12-10-24)23-5-7-25(8-6-23)38-29(30,31)32/h5-8,13-17,20,24,33H,3-4,9-12,18H2,1-2H3. The molecule has 1 aliphatic carbocycles. The maximum absolute atomic E-state index is 12.7. The molecule has 2 aromatic carbocycles. The third-order valence-electron chi connectivity index (χ3n) is 7.16. The number of halogens is 3. The Hall–Kier alpha value is -3.46. The van der Waals surface area contributed by atoms with E-state index in [0.29, 0.717) is 18.2 Å². The summed E-state index contributed by atoms with van der Waals surface area (Å²) < 4.78 is 53.4. The molecule has 1 saturated carbocycles. The van der Waals surface area contributed by atoms with Crippen molar-refractivity contribution in [3.05, 3.63) is 66.0 Å². The number of pyridine rings is 1. The van der Waals surface area contributed by atoms with Crippen LogP contribution in [0.25, 0.3) is 11.1 Å². The largest absolute Gasteiger partial charge is 0.573 e. The van der Waals surface area contributed by atoms with E-state index in [1.165, 1.54) is 12.1 Å². The van der Waals surface area contributed by atoms with E-state index in [2.05, 4.69) is 32.1 Å². The first-order valence-electron chi connectivity index (χ1n) is 12.9. The molecule has 1 aromatic heterocycles. The summed E-state index contributed by atoms with van der Waals surface area (Å²) >= 11 is 0. The van der Waals surface area contributed by atoms with Gasteiger partial charge >= 0.3 is 6.36 Å². The number of benzene rings is 2. The van der Waals surface area contributed by atoms with E-state index >= 15 is 0 Å². The van der Waals surface area contributed by atoms with Crippen molar-refractivity contribution in [2.24, 2.45) is 0 Å². The maximum atomic E-state index is 12.7. The fourth-order valence-electron chi connectivity index (χ4n) is 5.18. The summed E-state index contributed by atoms with van der Waals surface area (Å²) in [6.07, 6.45) is 3.13. The normalized spacial score (nSPS) is 16.2. The number of rotatable bonds is 9. The van der Waals surface area contributed by atoms with Gasteiger partial charge in [-0.05, 0) is 98.3 Å². The number of hydrogen-bond donors (Lipinski definition) is 1. The Kier molecular flexibility index (Phi) is 7.65. The van der Waals surface area contributed by atoms with Crippen LogP contribution >= 0.6 is 0 Å². The van der Waals surface area contributed by atoms with Gasteiger partial charge in [-0.2, -0.15) is 0 Å². The van der Waals surface area contributed by atoms with Crippen LogP contribution in [0.1, 0.15) is 42.7 Å². The highest BCUT2D eigenvalue weighted by molar-refractivity contribution is 5.70. The van der Waals surface area contributed by atoms with Gasteiger partial charge in [0.05, 0.1) is 14.2 Å². The number of hydrogen-bond acceptors (Lipinski definition) is 6. The van der Waals surface area contributed by atoms with Crippen molar-refractivity contribution in [2.45, 2.75) is 50.6 Å². The van der Waals surface area contributed by atoms with Crippen LogP contribution in [-0.2, 0) is 6.54 Å². The summed E-state index contributed by atoms with van der Waals surface area (Å²) in [6.45, 7) is 2.36. The van der Waals surface area contributed by atoms with Gasteiger partial charge in [0.15, 0.2) is 11.5 Å². The molecule has 2 aliphatic rings. The molecular weight excluding hydrogens is 495 g/mol. The van der Waals surface area contributed by atoms with E-state index in [0.717, 1.165) is 72.5 Å². The monoisotopic (exact) mass is 527 g/mol. The van der Waals surface area contributed by atoms with E-state index in [9.17, 15) is 13.2 Å². The SMILES string of the molecule is COc1cc(-c2cncc(CN(c3ccc(OC(F)(F)F)cc3)C3CCNCC3)c2)cc(C2CC2)c1OC. The van der Waals surface area contributed by atoms with Crippen molar-refractivity contribution in [1.82, 2.24) is 10.3 Å². The Balaban J connectivity index is 1.44. The lowest BCUT2D eigenvalue weighted by atomic mass is 9.98. The Labute approximate surface area is 220 Å². The van der Waals surface area contributed by atoms with Crippen LogP contribution in [0.5, 0.6) is 17.2 Å². The van der Waals surface area contributed by atoms with Crippen LogP contribution in [0.15, 0.2) is 54.9 Å². The van der Waals surface area contributed by atoms with Gasteiger partial charge in [-0.25, -0.2) is 0 Å². The minimum absolute atomic E-state index is 0.227. The fourth-order valence-corrected chi connectivity index (χ4v) is 5.18. The molecule has 38 heavy (non-hydrogen) atoms. The zero-order chi connectivity index (χ0) is 26.7. The summed E-state index contributed by atoms with van der Waals surface area (Å²) in [4.78, 5) is 6.79. The quantitative estimate of drug-likeness (QED) is 0.353. The molecule has 3 aromatic rings. The van der Waals surface area contributed by atoms with Gasteiger partial charge in [0.2, 0.25) is 0 Å². The first kappa shape index (κ1) is 26.2. The number of ether oxygens (including phenoxy) is 3. The van der Waals surface area contributed by atoms with Crippen LogP contribution in [0.3, 0.4) is 0 Å². The maximum Gasteiger partial charge on any atom is 0.573 e. The number of anilines is 1. The summed E-state index contributed by atoms with van der Waals surface area (Å²) in [5.41, 5.74) is 5.01. The van der Waals surface area contributed by atoms with Crippen LogP contribution in [0, 0.1) is 0 Å². The first-order valence-corrected chi connectivity index (χ1v) is 12.9. The van der Waals surface area contributed by atoms with Crippen molar-refractivity contribution in [3.63, 3.8) is 0 Å². The third kappa shape index (κ3) is 6.15. The molecule has 1 saturated heterocycles. The molecule has 5 rings (SSSR count). The predicted octanol–water partition coefficient (Wildman–Crippen LogP) is 6.30. The minimum Gasteiger partial charge on any atom is -0.493 e. The van der Waals surface area contributed by atoms with Gasteiger partial charge in [0.25, 0.3) is 0 Å². The number of nitrogens with zero attached hydrogens (tertiary/aromatic N) is 2. The number of aromatic nitrogens is 1. The molecule has 0 radical (unpaired) electrons. The third-order valence-corrected chi connectivity index (χ3v) is 7.16. The van der Waals surface area contributed by atoms with Crippen molar-refractivity contribution in [3.8, 4) is 28.4 Å². The highest BCUT2D eigenvalue weighted by Gasteiger charge is 2.31. The summed E-state index contributed by atoms with van der Waals surface area (Å²) in [5.74, 6) is 1.75. The van der Waals surface area contributed by atoms with E-state index < -0.39 is 6.36 Å². The second-order valence-electron chi connectivity index (χ2n) is 9.81. The summed E-state index contributed by atoms with van der Waals surface area (Å²) in [6, 6.07) is 12.6. The molecule has 2 heterocycles. The van der Waals surface area contributed by atoms with E-state index in [1.807, 2.05) is 18.5 Å². The fraction of sp³-hybridized carbons (Fsp3) is 0.414. The van der Waals surface area contributed by atoms with Gasteiger partial charge in [0.1, 0.15) is 5.75 Å². The lowest BCUT2D eigenvalue weighted by molar-refractivity contribution is -0.274. The second-order valence-corrected chi connectivity index (χ2v) is 9.81. The number of piperidine rings is 1. The lowest BCUT2D eigenvalue weighted by Gasteiger charge is -2.36. The van der Waals surface area contributed by atoms with Gasteiger partial charge in [-0.15, -0.1) is 13.2 Å². The zero-order valence-electron chi connectivity index (χ0n) is 21.6. The van der Waals surface area contributed by atoms with Gasteiger partial charge in [-0.1, -0.05) is 0 Å². The van der Waals surface area contributed by atoms with Crippen molar-refractivity contribution < 1.29 is 27.4 Å². The zero-order valence-corrected chi connectivity index (χ0v) is 21.6. The molecule has 202 valence electrons. The molecule has 0 bridgehead atoms. The van der Waals surface area contributed by atoms with Crippen molar-refractivity contribution in [2.75, 3.05) is 32.2 Å². The Morgan fingerprint density at radius 2 is 1.66 bits per heavy atom. The number of nitrogens with one attached hydrogen (secondary N) is 1. The average molecular weight is 528 g/mol. The topological polar surface area (TPSA) is 55.9 Å². The smallest absolute Gasteiger partial charge is 0.493 e. The van der Waals surface area contributed by atoms with Gasteiger partial charge in [-0.3, -0.25) is 4.98 Å². The first-order chi connectivity index (χ1) is 18.3. The second kappa shape index (κ2) is 11.1.